The van der Waals surface area contributed by atoms with Crippen molar-refractivity contribution in [3.05, 3.63) is 12.2 Å². The maximum Gasteiger partial charge on any atom is 0.328 e. The van der Waals surface area contributed by atoms with Crippen molar-refractivity contribution in [3.63, 3.8) is 0 Å². The molecule has 2 aliphatic heterocycles. The molecule has 1 saturated carbocycles. The summed E-state index contributed by atoms with van der Waals surface area (Å²) in [6.45, 7) is 18.6. The maximum atomic E-state index is 13.2. The van der Waals surface area contributed by atoms with Crippen LogP contribution in [0.4, 0.5) is 0 Å². The number of piperidine rings is 2. The molecule has 3 rings (SSSR count). The highest BCUT2D eigenvalue weighted by molar-refractivity contribution is 5.73. The lowest BCUT2D eigenvalue weighted by atomic mass is 9.82. The van der Waals surface area contributed by atoms with Gasteiger partial charge in [0.1, 0.15) is 0 Å². The first kappa shape index (κ1) is 26.7. The molecule has 0 N–H and O–H groups in total. The van der Waals surface area contributed by atoms with Crippen LogP contribution in [-0.4, -0.2) is 44.9 Å². The largest absolute Gasteiger partial charge is 0.367 e. The van der Waals surface area contributed by atoms with Crippen LogP contribution in [0.2, 0.25) is 0 Å². The van der Waals surface area contributed by atoms with E-state index in [1.165, 1.54) is 25.7 Å². The number of carbonyl (C=O) groups is 1. The Morgan fingerprint density at radius 3 is 1.85 bits per heavy atom. The van der Waals surface area contributed by atoms with E-state index in [1.54, 1.807) is 0 Å². The van der Waals surface area contributed by atoms with Gasteiger partial charge in [-0.3, -0.25) is 9.63 Å². The van der Waals surface area contributed by atoms with E-state index < -0.39 is 0 Å². The molecule has 5 nitrogen and oxygen atoms in total. The van der Waals surface area contributed by atoms with Gasteiger partial charge in [-0.1, -0.05) is 18.6 Å². The predicted octanol–water partition coefficient (Wildman–Crippen LogP) is 6.83. The number of rotatable bonds is 7. The molecule has 0 radical (unpaired) electrons. The molecule has 0 aromatic carbocycles. The Labute approximate surface area is 203 Å². The summed E-state index contributed by atoms with van der Waals surface area (Å²) in [5.41, 5.74) is -0.0903. The van der Waals surface area contributed by atoms with Crippen molar-refractivity contribution >= 4 is 5.97 Å². The molecule has 3 fully saturated rings. The number of hydrogen-bond acceptors (Lipinski definition) is 5. The van der Waals surface area contributed by atoms with Gasteiger partial charge in [-0.2, -0.15) is 5.06 Å². The van der Waals surface area contributed by atoms with Gasteiger partial charge in [0.2, 0.25) is 0 Å². The van der Waals surface area contributed by atoms with Crippen LogP contribution in [0.15, 0.2) is 12.2 Å². The number of hydroxylamine groups is 4. The number of hydrogen-bond donors (Lipinski definition) is 0. The molecule has 1 aliphatic carbocycles. The Kier molecular flexibility index (Phi) is 8.08. The van der Waals surface area contributed by atoms with E-state index in [4.69, 9.17) is 9.68 Å². The van der Waals surface area contributed by atoms with Crippen molar-refractivity contribution < 1.29 is 14.5 Å². The highest BCUT2D eigenvalue weighted by atomic mass is 16.7. The van der Waals surface area contributed by atoms with Gasteiger partial charge in [0, 0.05) is 11.1 Å². The smallest absolute Gasteiger partial charge is 0.328 e. The number of nitrogens with zero attached hydrogens (tertiary/aromatic N) is 2. The SMILES string of the molecule is CC1(C)CCCC(C)(C)N1OCC/C=C/C1CCCC1C(=O)ON1C(C)(C)CCCC1(C)C. The average molecular weight is 463 g/mol. The molecule has 190 valence electrons. The van der Waals surface area contributed by atoms with Crippen LogP contribution in [0.1, 0.15) is 120 Å². The Morgan fingerprint density at radius 2 is 1.30 bits per heavy atom. The van der Waals surface area contributed by atoms with E-state index in [0.29, 0.717) is 6.61 Å². The van der Waals surface area contributed by atoms with Crippen LogP contribution in [0.5, 0.6) is 0 Å². The molecule has 2 unspecified atom stereocenters. The van der Waals surface area contributed by atoms with E-state index in [2.05, 4.69) is 72.6 Å². The van der Waals surface area contributed by atoms with E-state index in [9.17, 15) is 4.79 Å². The second kappa shape index (κ2) is 9.99. The van der Waals surface area contributed by atoms with Crippen molar-refractivity contribution in [1.29, 1.82) is 0 Å². The molecular weight excluding hydrogens is 412 g/mol. The lowest BCUT2D eigenvalue weighted by Gasteiger charge is -2.51. The van der Waals surface area contributed by atoms with Gasteiger partial charge in [-0.05, 0) is 119 Å². The third-order valence-corrected chi connectivity index (χ3v) is 8.30. The summed E-state index contributed by atoms with van der Waals surface area (Å²) in [7, 11) is 0. The minimum Gasteiger partial charge on any atom is -0.367 e. The van der Waals surface area contributed by atoms with Crippen molar-refractivity contribution in [1.82, 2.24) is 10.1 Å². The number of carbonyl (C=O) groups excluding carboxylic acids is 1. The summed E-state index contributed by atoms with van der Waals surface area (Å²) >= 11 is 0. The van der Waals surface area contributed by atoms with Crippen molar-refractivity contribution in [2.24, 2.45) is 11.8 Å². The van der Waals surface area contributed by atoms with E-state index in [1.807, 2.05) is 5.06 Å². The first-order chi connectivity index (χ1) is 15.3. The van der Waals surface area contributed by atoms with Gasteiger partial charge in [-0.15, -0.1) is 5.06 Å². The van der Waals surface area contributed by atoms with Gasteiger partial charge in [0.05, 0.1) is 23.6 Å². The fraction of sp³-hybridized carbons (Fsp3) is 0.893. The molecule has 0 spiro atoms. The zero-order valence-electron chi connectivity index (χ0n) is 22.7. The monoisotopic (exact) mass is 462 g/mol. The third kappa shape index (κ3) is 6.21. The highest BCUT2D eigenvalue weighted by Gasteiger charge is 2.46. The molecule has 0 aromatic rings. The molecule has 0 aromatic heterocycles. The van der Waals surface area contributed by atoms with Crippen LogP contribution < -0.4 is 0 Å². The standard InChI is InChI=1S/C28H50N2O3/c1-25(2)17-12-18-26(3,4)29(25)32-21-10-9-14-22-15-11-16-23(22)24(31)33-30-27(5,6)19-13-20-28(30,7)8/h9,14,22-23H,10-13,15-21H2,1-8H3/b14-9+. The summed E-state index contributed by atoms with van der Waals surface area (Å²) in [5, 5.41) is 4.23. The minimum atomic E-state index is -0.116. The Hall–Kier alpha value is -0.910. The fourth-order valence-corrected chi connectivity index (χ4v) is 6.70. The summed E-state index contributed by atoms with van der Waals surface area (Å²) in [4.78, 5) is 25.6. The molecule has 5 heteroatoms. The molecular formula is C28H50N2O3. The molecule has 33 heavy (non-hydrogen) atoms. The Bertz CT molecular complexity index is 678. The van der Waals surface area contributed by atoms with Gasteiger partial charge in [0.25, 0.3) is 0 Å². The quantitative estimate of drug-likeness (QED) is 0.306. The highest BCUT2D eigenvalue weighted by Crippen LogP contribution is 2.41. The third-order valence-electron chi connectivity index (χ3n) is 8.30. The summed E-state index contributed by atoms with van der Waals surface area (Å²) in [6, 6.07) is 0. The Morgan fingerprint density at radius 1 is 0.788 bits per heavy atom. The molecule has 2 atom stereocenters. The Balaban J connectivity index is 1.52. The molecule has 2 saturated heterocycles. The van der Waals surface area contributed by atoms with Crippen LogP contribution in [0, 0.1) is 11.8 Å². The zero-order valence-corrected chi connectivity index (χ0v) is 22.7. The van der Waals surface area contributed by atoms with E-state index >= 15 is 0 Å². The van der Waals surface area contributed by atoms with Crippen molar-refractivity contribution in [2.75, 3.05) is 6.61 Å². The first-order valence-corrected chi connectivity index (χ1v) is 13.4. The summed E-state index contributed by atoms with van der Waals surface area (Å²) < 4.78 is 0. The molecule has 0 amide bonds. The maximum absolute atomic E-state index is 13.2. The second-order valence-corrected chi connectivity index (χ2v) is 13.2. The van der Waals surface area contributed by atoms with Gasteiger partial charge >= 0.3 is 5.97 Å². The van der Waals surface area contributed by atoms with Gasteiger partial charge in [0.15, 0.2) is 0 Å². The average Bonchev–Trinajstić information content (AvgIpc) is 3.14. The molecule has 3 aliphatic rings. The number of allylic oxidation sites excluding steroid dienone is 1. The summed E-state index contributed by atoms with van der Waals surface area (Å²) in [5.74, 6) is 0.199. The van der Waals surface area contributed by atoms with E-state index in [0.717, 1.165) is 38.5 Å². The second-order valence-electron chi connectivity index (χ2n) is 13.2. The predicted molar refractivity (Wildman–Crippen MR) is 134 cm³/mol. The lowest BCUT2D eigenvalue weighted by molar-refractivity contribution is -0.279. The van der Waals surface area contributed by atoms with Gasteiger partial charge in [-0.25, -0.2) is 0 Å². The zero-order chi connectivity index (χ0) is 24.5. The van der Waals surface area contributed by atoms with E-state index in [-0.39, 0.29) is 40.0 Å². The van der Waals surface area contributed by atoms with Crippen molar-refractivity contribution in [2.45, 2.75) is 142 Å². The molecule has 0 bridgehead atoms. The van der Waals surface area contributed by atoms with Crippen LogP contribution in [0.3, 0.4) is 0 Å². The topological polar surface area (TPSA) is 42.0 Å². The first-order valence-electron chi connectivity index (χ1n) is 13.4. The fourth-order valence-electron chi connectivity index (χ4n) is 6.70. The lowest BCUT2D eigenvalue weighted by Crippen LogP contribution is -2.59. The normalized spacial score (nSPS) is 31.6. The van der Waals surface area contributed by atoms with Crippen LogP contribution in [0.25, 0.3) is 0 Å². The van der Waals surface area contributed by atoms with Crippen LogP contribution in [-0.2, 0) is 14.5 Å². The van der Waals surface area contributed by atoms with Crippen LogP contribution >= 0.6 is 0 Å². The minimum absolute atomic E-state index is 0.0318. The van der Waals surface area contributed by atoms with Gasteiger partial charge < -0.3 is 4.84 Å². The summed E-state index contributed by atoms with van der Waals surface area (Å²) in [6.07, 6.45) is 15.3. The molecule has 2 heterocycles. The van der Waals surface area contributed by atoms with Crippen molar-refractivity contribution in [3.8, 4) is 0 Å².